The average Bonchev–Trinajstić information content (AvgIpc) is 2.47. The lowest BCUT2D eigenvalue weighted by molar-refractivity contribution is 0.0215. The molecule has 0 aliphatic carbocycles. The summed E-state index contributed by atoms with van der Waals surface area (Å²) in [6.07, 6.45) is 3.47. The second-order valence-corrected chi connectivity index (χ2v) is 5.06. The number of methoxy groups -OCH3 is 1. The summed E-state index contributed by atoms with van der Waals surface area (Å²) in [5.41, 5.74) is 0.940. The molecule has 1 heterocycles. The van der Waals surface area contributed by atoms with Crippen molar-refractivity contribution in [3.63, 3.8) is 0 Å². The first-order valence-corrected chi connectivity index (χ1v) is 6.86. The zero-order chi connectivity index (χ0) is 14.5. The Balaban J connectivity index is 2.17. The summed E-state index contributed by atoms with van der Waals surface area (Å²) in [7, 11) is 3.46. The van der Waals surface area contributed by atoms with Crippen molar-refractivity contribution in [2.24, 2.45) is 0 Å². The monoisotopic (exact) mass is 279 g/mol. The molecule has 1 atom stereocenters. The van der Waals surface area contributed by atoms with Crippen molar-refractivity contribution in [1.29, 1.82) is 0 Å². The van der Waals surface area contributed by atoms with Crippen LogP contribution in [0.1, 0.15) is 29.6 Å². The van der Waals surface area contributed by atoms with Crippen LogP contribution in [0.2, 0.25) is 0 Å². The average molecular weight is 279 g/mol. The van der Waals surface area contributed by atoms with Crippen LogP contribution in [-0.4, -0.2) is 44.5 Å². The lowest BCUT2D eigenvalue weighted by Gasteiger charge is -2.29. The largest absolute Gasteiger partial charge is 0.497 e. The van der Waals surface area contributed by atoms with Gasteiger partial charge in [0.15, 0.2) is 0 Å². The topological polar surface area (TPSA) is 59.0 Å². The molecular weight excluding hydrogens is 258 g/mol. The standard InChI is InChI=1S/C15H21NO4/c1-16(10-12-5-3-4-8-20-12)14-9-11(19-2)6-7-13(14)15(17)18/h6-7,9,12H,3-5,8,10H2,1-2H3,(H,17,18). The van der Waals surface area contributed by atoms with Gasteiger partial charge in [-0.15, -0.1) is 0 Å². The van der Waals surface area contributed by atoms with Gasteiger partial charge in [0.1, 0.15) is 5.75 Å². The molecule has 1 N–H and O–H groups in total. The summed E-state index contributed by atoms with van der Waals surface area (Å²) < 4.78 is 10.9. The minimum Gasteiger partial charge on any atom is -0.497 e. The van der Waals surface area contributed by atoms with Gasteiger partial charge in [0.05, 0.1) is 24.5 Å². The first kappa shape index (κ1) is 14.7. The third kappa shape index (κ3) is 3.42. The molecule has 1 unspecified atom stereocenters. The second kappa shape index (κ2) is 6.61. The molecule has 2 rings (SSSR count). The number of carbonyl (C=O) groups is 1. The Labute approximate surface area is 119 Å². The quantitative estimate of drug-likeness (QED) is 0.897. The van der Waals surface area contributed by atoms with Gasteiger partial charge in [-0.3, -0.25) is 0 Å². The summed E-state index contributed by atoms with van der Waals surface area (Å²) in [5.74, 6) is -0.277. The van der Waals surface area contributed by atoms with Crippen molar-refractivity contribution < 1.29 is 19.4 Å². The smallest absolute Gasteiger partial charge is 0.337 e. The minimum absolute atomic E-state index is 0.168. The molecule has 1 saturated heterocycles. The third-order valence-corrected chi connectivity index (χ3v) is 3.60. The summed E-state index contributed by atoms with van der Waals surface area (Å²) in [5, 5.41) is 9.29. The van der Waals surface area contributed by atoms with E-state index in [0.717, 1.165) is 19.4 Å². The predicted octanol–water partition coefficient (Wildman–Crippen LogP) is 2.40. The van der Waals surface area contributed by atoms with E-state index in [4.69, 9.17) is 9.47 Å². The van der Waals surface area contributed by atoms with Crippen LogP contribution in [0, 0.1) is 0 Å². The summed E-state index contributed by atoms with van der Waals surface area (Å²) in [6.45, 7) is 1.48. The van der Waals surface area contributed by atoms with Crippen molar-refractivity contribution in [3.05, 3.63) is 23.8 Å². The fourth-order valence-corrected chi connectivity index (χ4v) is 2.49. The Morgan fingerprint density at radius 2 is 2.30 bits per heavy atom. The number of benzene rings is 1. The van der Waals surface area contributed by atoms with Crippen molar-refractivity contribution in [2.75, 3.05) is 32.2 Å². The zero-order valence-electron chi connectivity index (χ0n) is 12.0. The molecule has 1 aliphatic rings. The molecule has 1 fully saturated rings. The molecule has 0 bridgehead atoms. The summed E-state index contributed by atoms with van der Waals surface area (Å²) >= 11 is 0. The van der Waals surface area contributed by atoms with Gasteiger partial charge in [0.2, 0.25) is 0 Å². The zero-order valence-corrected chi connectivity index (χ0v) is 12.0. The first-order valence-electron chi connectivity index (χ1n) is 6.86. The van der Waals surface area contributed by atoms with Crippen molar-refractivity contribution in [3.8, 4) is 5.75 Å². The SMILES string of the molecule is COc1ccc(C(=O)O)c(N(C)CC2CCCCO2)c1. The van der Waals surface area contributed by atoms with Gasteiger partial charge in [0, 0.05) is 26.3 Å². The molecule has 5 heteroatoms. The Morgan fingerprint density at radius 3 is 2.90 bits per heavy atom. The predicted molar refractivity (Wildman–Crippen MR) is 76.8 cm³/mol. The van der Waals surface area contributed by atoms with Crippen LogP contribution in [0.3, 0.4) is 0 Å². The highest BCUT2D eigenvalue weighted by Crippen LogP contribution is 2.26. The molecule has 0 spiro atoms. The molecule has 20 heavy (non-hydrogen) atoms. The highest BCUT2D eigenvalue weighted by Gasteiger charge is 2.20. The van der Waals surface area contributed by atoms with Gasteiger partial charge in [-0.05, 0) is 31.4 Å². The molecule has 1 aromatic rings. The number of ether oxygens (including phenoxy) is 2. The highest BCUT2D eigenvalue weighted by molar-refractivity contribution is 5.94. The van der Waals surface area contributed by atoms with E-state index in [0.29, 0.717) is 18.0 Å². The normalized spacial score (nSPS) is 18.6. The number of rotatable bonds is 5. The van der Waals surface area contributed by atoms with Gasteiger partial charge < -0.3 is 19.5 Å². The van der Waals surface area contributed by atoms with E-state index in [9.17, 15) is 9.90 Å². The molecule has 5 nitrogen and oxygen atoms in total. The van der Waals surface area contributed by atoms with E-state index in [1.54, 1.807) is 25.3 Å². The molecule has 0 saturated carbocycles. The summed E-state index contributed by atoms with van der Waals surface area (Å²) in [6, 6.07) is 5.00. The van der Waals surface area contributed by atoms with E-state index in [-0.39, 0.29) is 11.7 Å². The van der Waals surface area contributed by atoms with Crippen molar-refractivity contribution >= 4 is 11.7 Å². The van der Waals surface area contributed by atoms with Crippen molar-refractivity contribution in [1.82, 2.24) is 0 Å². The van der Waals surface area contributed by atoms with Crippen LogP contribution in [0.5, 0.6) is 5.75 Å². The van der Waals surface area contributed by atoms with Crippen LogP contribution in [0.4, 0.5) is 5.69 Å². The Kier molecular flexibility index (Phi) is 4.84. The molecule has 1 aliphatic heterocycles. The molecule has 110 valence electrons. The Bertz CT molecular complexity index is 469. The van der Waals surface area contributed by atoms with Crippen molar-refractivity contribution in [2.45, 2.75) is 25.4 Å². The maximum Gasteiger partial charge on any atom is 0.337 e. The first-order chi connectivity index (χ1) is 9.61. The number of carboxylic acids is 1. The van der Waals surface area contributed by atoms with Crippen LogP contribution < -0.4 is 9.64 Å². The van der Waals surface area contributed by atoms with Crippen LogP contribution in [0.15, 0.2) is 18.2 Å². The fraction of sp³-hybridized carbons (Fsp3) is 0.533. The van der Waals surface area contributed by atoms with Crippen LogP contribution in [-0.2, 0) is 4.74 Å². The lowest BCUT2D eigenvalue weighted by Crippen LogP contribution is -2.34. The second-order valence-electron chi connectivity index (χ2n) is 5.06. The van der Waals surface area contributed by atoms with E-state index in [1.807, 2.05) is 11.9 Å². The van der Waals surface area contributed by atoms with Gasteiger partial charge in [-0.2, -0.15) is 0 Å². The van der Waals surface area contributed by atoms with Gasteiger partial charge in [-0.1, -0.05) is 0 Å². The number of nitrogens with zero attached hydrogens (tertiary/aromatic N) is 1. The van der Waals surface area contributed by atoms with E-state index < -0.39 is 5.97 Å². The Hall–Kier alpha value is -1.75. The van der Waals surface area contributed by atoms with Crippen LogP contribution >= 0.6 is 0 Å². The molecular formula is C15H21NO4. The van der Waals surface area contributed by atoms with E-state index >= 15 is 0 Å². The van der Waals surface area contributed by atoms with Gasteiger partial charge in [0.25, 0.3) is 0 Å². The van der Waals surface area contributed by atoms with E-state index in [1.165, 1.54) is 6.42 Å². The summed E-state index contributed by atoms with van der Waals surface area (Å²) in [4.78, 5) is 13.3. The van der Waals surface area contributed by atoms with Gasteiger partial charge >= 0.3 is 5.97 Å². The molecule has 0 amide bonds. The Morgan fingerprint density at radius 1 is 1.50 bits per heavy atom. The number of carboxylic acid groups (broad SMARTS) is 1. The highest BCUT2D eigenvalue weighted by atomic mass is 16.5. The molecule has 1 aromatic carbocycles. The minimum atomic E-state index is -0.931. The number of likely N-dealkylation sites (N-methyl/N-ethyl adjacent to an activating group) is 1. The van der Waals surface area contributed by atoms with E-state index in [2.05, 4.69) is 0 Å². The van der Waals surface area contributed by atoms with Gasteiger partial charge in [-0.25, -0.2) is 4.79 Å². The number of hydrogen-bond donors (Lipinski definition) is 1. The number of anilines is 1. The maximum absolute atomic E-state index is 11.3. The van der Waals surface area contributed by atoms with Crippen LogP contribution in [0.25, 0.3) is 0 Å². The molecule has 0 aromatic heterocycles. The molecule has 0 radical (unpaired) electrons. The third-order valence-electron chi connectivity index (χ3n) is 3.60. The maximum atomic E-state index is 11.3. The lowest BCUT2D eigenvalue weighted by atomic mass is 10.1. The number of aromatic carboxylic acids is 1. The fourth-order valence-electron chi connectivity index (χ4n) is 2.49. The number of hydrogen-bond acceptors (Lipinski definition) is 4.